The Morgan fingerprint density at radius 1 is 1.19 bits per heavy atom. The van der Waals surface area contributed by atoms with Gasteiger partial charge in [0.15, 0.2) is 5.78 Å². The number of primary amides is 1. The Hall–Kier alpha value is -1.02. The lowest BCUT2D eigenvalue weighted by molar-refractivity contribution is -0.431. The molecule has 0 radical (unpaired) electrons. The molecule has 1 saturated carbocycles. The molecule has 1 aliphatic carbocycles. The summed E-state index contributed by atoms with van der Waals surface area (Å²) in [5.74, 6) is -0.536. The van der Waals surface area contributed by atoms with E-state index >= 15 is 0 Å². The molecule has 14 nitrogen and oxygen atoms in total. The van der Waals surface area contributed by atoms with E-state index < -0.39 is 5.92 Å². The van der Waals surface area contributed by atoms with Crippen molar-refractivity contribution in [3.63, 3.8) is 0 Å². The standard InChI is InChI=1S/C26H44N10O4S2/c27-14-3-1-2-4-15(14)31-26-33-24(20(23(28)38)25-29-12-30-36(25)26)32-18-10-17(42-34-18)13-11-40-21-16(37)9-19(41-22(13)21)35-5-7-39-8-6-35/h9,13-15,17-18,20-22,24-26,29-34H,1-8,10-12,27H2,(H2,28,38)/p+1/t13?,14-,15+,17?,18?,20?,21?,22?,24?,25?,26?/m1/s1. The van der Waals surface area contributed by atoms with Gasteiger partial charge in [0.05, 0.1) is 73.3 Å². The Morgan fingerprint density at radius 2 is 2.02 bits per heavy atom. The fourth-order valence-electron chi connectivity index (χ4n) is 7.50. The fourth-order valence-corrected chi connectivity index (χ4v) is 10.4. The first-order valence-electron chi connectivity index (χ1n) is 15.4. The first-order chi connectivity index (χ1) is 20.5. The highest BCUT2D eigenvalue weighted by atomic mass is 32.2. The van der Waals surface area contributed by atoms with Crippen LogP contribution < -0.4 is 42.9 Å². The number of quaternary nitrogens is 1. The first-order valence-corrected chi connectivity index (χ1v) is 17.2. The van der Waals surface area contributed by atoms with Gasteiger partial charge in [0.2, 0.25) is 5.91 Å². The number of thioether (sulfide) groups is 1. The van der Waals surface area contributed by atoms with Crippen LogP contribution in [0.15, 0.2) is 11.1 Å². The minimum absolute atomic E-state index is 0.0335. The van der Waals surface area contributed by atoms with E-state index in [4.69, 9.17) is 15.2 Å². The maximum Gasteiger partial charge on any atom is 0.226 e. The van der Waals surface area contributed by atoms with Crippen molar-refractivity contribution in [3.05, 3.63) is 11.1 Å². The van der Waals surface area contributed by atoms with Gasteiger partial charge in [-0.15, -0.1) is 11.8 Å². The molecule has 42 heavy (non-hydrogen) atoms. The summed E-state index contributed by atoms with van der Waals surface area (Å²) in [7, 11) is 0. The quantitative estimate of drug-likeness (QED) is 0.133. The molecule has 6 fully saturated rings. The van der Waals surface area contributed by atoms with Crippen molar-refractivity contribution >= 4 is 35.4 Å². The Labute approximate surface area is 255 Å². The predicted molar refractivity (Wildman–Crippen MR) is 158 cm³/mol. The SMILES string of the molecule is NC(=O)C1C(NC2CC(C3COC4C(=O)C=C(N5CCOCC5)SC43)SN2)NC(N[C@H]2CCCC[C@H]2[NH3+])N2NCNC12. The van der Waals surface area contributed by atoms with Crippen molar-refractivity contribution in [2.24, 2.45) is 17.6 Å². The summed E-state index contributed by atoms with van der Waals surface area (Å²) in [5, 5.41) is 18.0. The number of ketones is 1. The number of hydrogen-bond donors (Lipinski definition) is 8. The predicted octanol–water partition coefficient (Wildman–Crippen LogP) is -3.06. The molecule has 7 aliphatic rings. The highest BCUT2D eigenvalue weighted by Crippen LogP contribution is 2.46. The van der Waals surface area contributed by atoms with E-state index in [2.05, 4.69) is 47.1 Å². The number of carbonyl (C=O) groups excluding carboxylic acids is 2. The molecule has 16 heteroatoms. The van der Waals surface area contributed by atoms with Crippen LogP contribution in [0, 0.1) is 11.8 Å². The largest absolute Gasteiger partial charge is 0.378 e. The lowest BCUT2D eigenvalue weighted by Crippen LogP contribution is -2.79. The van der Waals surface area contributed by atoms with Crippen LogP contribution >= 0.6 is 23.7 Å². The molecule has 0 spiro atoms. The number of nitrogens with two attached hydrogens (primary N) is 1. The summed E-state index contributed by atoms with van der Waals surface area (Å²) in [6.07, 6.45) is 6.06. The van der Waals surface area contributed by atoms with Gasteiger partial charge in [-0.05, 0) is 19.3 Å². The highest BCUT2D eigenvalue weighted by Gasteiger charge is 2.52. The molecule has 234 valence electrons. The number of nitrogens with zero attached hydrogens (tertiary/aromatic N) is 2. The first kappa shape index (κ1) is 29.7. The minimum Gasteiger partial charge on any atom is -0.378 e. The van der Waals surface area contributed by atoms with Crippen molar-refractivity contribution in [2.75, 3.05) is 39.6 Å². The second kappa shape index (κ2) is 12.8. The second-order valence-corrected chi connectivity index (χ2v) is 14.7. The number of morpholine rings is 1. The van der Waals surface area contributed by atoms with Crippen LogP contribution in [0.4, 0.5) is 0 Å². The van der Waals surface area contributed by atoms with Crippen molar-refractivity contribution in [2.45, 2.75) is 85.6 Å². The maximum atomic E-state index is 13.0. The van der Waals surface area contributed by atoms with Gasteiger partial charge in [-0.1, -0.05) is 18.4 Å². The Bertz CT molecular complexity index is 1050. The van der Waals surface area contributed by atoms with Crippen LogP contribution in [0.5, 0.6) is 0 Å². The Kier molecular flexibility index (Phi) is 9.02. The molecule has 0 bridgehead atoms. The van der Waals surface area contributed by atoms with Gasteiger partial charge in [-0.2, -0.15) is 5.01 Å². The zero-order valence-corrected chi connectivity index (χ0v) is 25.5. The summed E-state index contributed by atoms with van der Waals surface area (Å²) in [4.78, 5) is 28.1. The number of hydrogen-bond acceptors (Lipinski definition) is 14. The number of amides is 1. The monoisotopic (exact) mass is 625 g/mol. The third-order valence-corrected chi connectivity index (χ3v) is 12.6. The third kappa shape index (κ3) is 5.86. The molecule has 11 N–H and O–H groups in total. The van der Waals surface area contributed by atoms with Crippen LogP contribution in [0.1, 0.15) is 32.1 Å². The molecule has 0 aromatic heterocycles. The van der Waals surface area contributed by atoms with Crippen molar-refractivity contribution < 1.29 is 24.8 Å². The number of carbonyl (C=O) groups is 2. The van der Waals surface area contributed by atoms with E-state index in [0.29, 0.717) is 38.6 Å². The van der Waals surface area contributed by atoms with E-state index in [9.17, 15) is 9.59 Å². The van der Waals surface area contributed by atoms with Gasteiger partial charge in [-0.25, -0.2) is 10.1 Å². The van der Waals surface area contributed by atoms with E-state index in [-0.39, 0.29) is 59.0 Å². The van der Waals surface area contributed by atoms with Gasteiger partial charge in [0.1, 0.15) is 12.4 Å². The molecule has 6 aliphatic heterocycles. The zero-order chi connectivity index (χ0) is 28.8. The second-order valence-electron chi connectivity index (χ2n) is 12.4. The van der Waals surface area contributed by atoms with E-state index in [1.165, 1.54) is 12.8 Å². The van der Waals surface area contributed by atoms with Gasteiger partial charge >= 0.3 is 0 Å². The molecule has 0 aromatic carbocycles. The minimum atomic E-state index is -0.488. The summed E-state index contributed by atoms with van der Waals surface area (Å²) >= 11 is 3.50. The van der Waals surface area contributed by atoms with E-state index in [1.807, 2.05) is 0 Å². The van der Waals surface area contributed by atoms with Crippen LogP contribution in [-0.2, 0) is 19.1 Å². The van der Waals surface area contributed by atoms with Gasteiger partial charge < -0.3 is 25.8 Å². The normalized spacial score (nSPS) is 44.6. The number of nitrogens with one attached hydrogen (secondary N) is 6. The third-order valence-electron chi connectivity index (χ3n) is 9.80. The topological polar surface area (TPSA) is 185 Å². The molecule has 0 aromatic rings. The zero-order valence-electron chi connectivity index (χ0n) is 23.8. The average Bonchev–Trinajstić information content (AvgIpc) is 3.75. The highest BCUT2D eigenvalue weighted by molar-refractivity contribution is 8.04. The van der Waals surface area contributed by atoms with Crippen molar-refractivity contribution in [1.82, 2.24) is 41.3 Å². The van der Waals surface area contributed by atoms with Crippen LogP contribution in [-0.4, -0.2) is 115 Å². The molecule has 9 unspecified atom stereocenters. The van der Waals surface area contributed by atoms with E-state index in [1.54, 1.807) is 29.8 Å². The number of hydrazine groups is 1. The van der Waals surface area contributed by atoms with Crippen LogP contribution in [0.2, 0.25) is 0 Å². The Balaban J connectivity index is 1.01. The van der Waals surface area contributed by atoms with Gasteiger partial charge in [0, 0.05) is 36.8 Å². The fraction of sp³-hybridized carbons (Fsp3) is 0.846. The molecule has 7 rings (SSSR count). The lowest BCUT2D eigenvalue weighted by Gasteiger charge is -2.48. The summed E-state index contributed by atoms with van der Waals surface area (Å²) in [5.41, 5.74) is 13.8. The smallest absolute Gasteiger partial charge is 0.226 e. The average molecular weight is 626 g/mol. The molecule has 5 saturated heterocycles. The summed E-state index contributed by atoms with van der Waals surface area (Å²) < 4.78 is 15.2. The number of rotatable bonds is 7. The van der Waals surface area contributed by atoms with Gasteiger partial charge in [-0.3, -0.25) is 30.9 Å². The van der Waals surface area contributed by atoms with Crippen molar-refractivity contribution in [3.8, 4) is 0 Å². The summed E-state index contributed by atoms with van der Waals surface area (Å²) in [6.45, 7) is 4.14. The maximum absolute atomic E-state index is 13.0. The lowest BCUT2D eigenvalue weighted by atomic mass is 9.90. The Morgan fingerprint density at radius 3 is 2.83 bits per heavy atom. The van der Waals surface area contributed by atoms with E-state index in [0.717, 1.165) is 37.4 Å². The van der Waals surface area contributed by atoms with Crippen LogP contribution in [0.3, 0.4) is 0 Å². The van der Waals surface area contributed by atoms with Crippen LogP contribution in [0.25, 0.3) is 0 Å². The molecule has 1 amide bonds. The number of fused-ring (bicyclic) bond motifs is 2. The van der Waals surface area contributed by atoms with Crippen molar-refractivity contribution in [1.29, 1.82) is 0 Å². The molecule has 6 heterocycles. The van der Waals surface area contributed by atoms with Gasteiger partial charge in [0.25, 0.3) is 0 Å². The molecule has 11 atom stereocenters. The number of ether oxygens (including phenoxy) is 2. The molecular formula is C26H45N10O4S2+. The summed E-state index contributed by atoms with van der Waals surface area (Å²) in [6, 6.07) is 0.654. The molecular weight excluding hydrogens is 580 g/mol.